The Morgan fingerprint density at radius 1 is 1.11 bits per heavy atom. The van der Waals surface area contributed by atoms with Gasteiger partial charge in [0.1, 0.15) is 5.69 Å². The monoisotopic (exact) mass is 417 g/mol. The van der Waals surface area contributed by atoms with E-state index in [2.05, 4.69) is 4.98 Å². The van der Waals surface area contributed by atoms with E-state index in [1.807, 2.05) is 0 Å². The Balaban J connectivity index is 2.63. The Hall–Kier alpha value is -0.530. The van der Waals surface area contributed by atoms with E-state index in [0.717, 1.165) is 6.07 Å². The van der Waals surface area contributed by atoms with Crippen molar-refractivity contribution in [1.82, 2.24) is 4.98 Å². The summed E-state index contributed by atoms with van der Waals surface area (Å²) in [7, 11) is 0. The van der Waals surface area contributed by atoms with Crippen LogP contribution in [0.4, 0.5) is 13.2 Å². The largest absolute Gasteiger partial charge is 0.433 e. The van der Waals surface area contributed by atoms with Gasteiger partial charge in [-0.3, -0.25) is 0 Å². The molecule has 0 atom stereocenters. The fraction of sp³-hybridized carbons (Fsp3) is 0.0833. The van der Waals surface area contributed by atoms with Gasteiger partial charge in [-0.15, -0.1) is 0 Å². The minimum atomic E-state index is -4.50. The third kappa shape index (κ3) is 3.32. The average molecular weight is 418 g/mol. The van der Waals surface area contributed by atoms with Crippen molar-refractivity contribution < 1.29 is 13.2 Å². The van der Waals surface area contributed by atoms with Crippen molar-refractivity contribution in [1.29, 1.82) is 0 Å². The normalized spacial score (nSPS) is 11.7. The number of aromatic nitrogens is 1. The van der Waals surface area contributed by atoms with Crippen molar-refractivity contribution in [2.24, 2.45) is 0 Å². The molecule has 100 valence electrons. The first-order valence-electron chi connectivity index (χ1n) is 4.98. The molecule has 0 N–H and O–H groups in total. The lowest BCUT2D eigenvalue weighted by Crippen LogP contribution is -2.09. The highest BCUT2D eigenvalue weighted by molar-refractivity contribution is 14.1. The maximum Gasteiger partial charge on any atom is 0.433 e. The molecule has 0 aliphatic carbocycles. The molecule has 0 unspecified atom stereocenters. The van der Waals surface area contributed by atoms with E-state index >= 15 is 0 Å². The number of benzene rings is 1. The van der Waals surface area contributed by atoms with Gasteiger partial charge in [0.05, 0.1) is 15.7 Å². The summed E-state index contributed by atoms with van der Waals surface area (Å²) in [5, 5.41) is 0.458. The van der Waals surface area contributed by atoms with Crippen molar-refractivity contribution in [2.75, 3.05) is 0 Å². The van der Waals surface area contributed by atoms with Crippen LogP contribution in [0.5, 0.6) is 0 Å². The highest BCUT2D eigenvalue weighted by Gasteiger charge is 2.33. The molecule has 7 heteroatoms. The van der Waals surface area contributed by atoms with E-state index in [9.17, 15) is 13.2 Å². The van der Waals surface area contributed by atoms with Crippen LogP contribution in [0.2, 0.25) is 10.0 Å². The Morgan fingerprint density at radius 2 is 1.79 bits per heavy atom. The molecule has 0 spiro atoms. The van der Waals surface area contributed by atoms with E-state index < -0.39 is 11.9 Å². The quantitative estimate of drug-likeness (QED) is 0.544. The summed E-state index contributed by atoms with van der Waals surface area (Å²) in [6, 6.07) is 7.24. The van der Waals surface area contributed by atoms with Gasteiger partial charge in [-0.05, 0) is 40.8 Å². The first-order chi connectivity index (χ1) is 8.79. The summed E-state index contributed by atoms with van der Waals surface area (Å²) in [5.74, 6) is 0. The first-order valence-corrected chi connectivity index (χ1v) is 6.81. The van der Waals surface area contributed by atoms with Crippen LogP contribution >= 0.6 is 45.8 Å². The molecule has 1 heterocycles. The zero-order valence-electron chi connectivity index (χ0n) is 9.10. The first kappa shape index (κ1) is 14.9. The highest BCUT2D eigenvalue weighted by Crippen LogP contribution is 2.35. The van der Waals surface area contributed by atoms with Crippen molar-refractivity contribution in [2.45, 2.75) is 6.18 Å². The van der Waals surface area contributed by atoms with E-state index in [1.165, 1.54) is 6.07 Å². The number of alkyl halides is 3. The van der Waals surface area contributed by atoms with Gasteiger partial charge in [0.2, 0.25) is 0 Å². The van der Waals surface area contributed by atoms with Crippen LogP contribution in [0.15, 0.2) is 30.3 Å². The summed E-state index contributed by atoms with van der Waals surface area (Å²) in [5.41, 5.74) is -0.435. The summed E-state index contributed by atoms with van der Waals surface area (Å²) < 4.78 is 38.6. The Kier molecular flexibility index (Phi) is 4.27. The van der Waals surface area contributed by atoms with Crippen LogP contribution < -0.4 is 0 Å². The van der Waals surface area contributed by atoms with Gasteiger partial charge in [0.15, 0.2) is 0 Å². The van der Waals surface area contributed by atoms with Crippen LogP contribution in [0.3, 0.4) is 0 Å². The molecule has 2 aromatic rings. The second-order valence-electron chi connectivity index (χ2n) is 3.65. The summed E-state index contributed by atoms with van der Waals surface area (Å²) in [4.78, 5) is 3.60. The molecule has 1 aromatic heterocycles. The lowest BCUT2D eigenvalue weighted by atomic mass is 10.1. The van der Waals surface area contributed by atoms with Crippen LogP contribution in [0.1, 0.15) is 5.69 Å². The molecule has 0 bridgehead atoms. The molecule has 0 saturated carbocycles. The molecule has 0 fully saturated rings. The third-order valence-corrected chi connectivity index (χ3v) is 3.75. The number of halogens is 6. The molecule has 0 amide bonds. The second-order valence-corrected chi connectivity index (χ2v) is 5.69. The molecule has 0 aliphatic heterocycles. The van der Waals surface area contributed by atoms with Crippen LogP contribution in [0, 0.1) is 3.57 Å². The number of rotatable bonds is 1. The minimum absolute atomic E-state index is 0.145. The molecule has 0 aliphatic rings. The predicted molar refractivity (Wildman–Crippen MR) is 77.4 cm³/mol. The van der Waals surface area contributed by atoms with Gasteiger partial charge in [-0.25, -0.2) is 4.98 Å². The fourth-order valence-electron chi connectivity index (χ4n) is 1.48. The van der Waals surface area contributed by atoms with Gasteiger partial charge in [0, 0.05) is 9.13 Å². The number of hydrogen-bond donors (Lipinski definition) is 0. The Bertz CT molecular complexity index is 629. The molecule has 2 rings (SSSR count). The topological polar surface area (TPSA) is 12.9 Å². The van der Waals surface area contributed by atoms with Crippen molar-refractivity contribution in [3.63, 3.8) is 0 Å². The van der Waals surface area contributed by atoms with Gasteiger partial charge >= 0.3 is 6.18 Å². The van der Waals surface area contributed by atoms with Crippen molar-refractivity contribution in [3.05, 3.63) is 49.6 Å². The maximum atomic E-state index is 12.7. The third-order valence-electron chi connectivity index (χ3n) is 2.31. The van der Waals surface area contributed by atoms with E-state index in [-0.39, 0.29) is 15.7 Å². The van der Waals surface area contributed by atoms with Crippen LogP contribution in [0.25, 0.3) is 11.3 Å². The fourth-order valence-corrected chi connectivity index (χ4v) is 2.47. The summed E-state index contributed by atoms with van der Waals surface area (Å²) in [6.45, 7) is 0. The molecule has 0 radical (unpaired) electrons. The Labute approximate surface area is 130 Å². The van der Waals surface area contributed by atoms with Gasteiger partial charge < -0.3 is 0 Å². The SMILES string of the molecule is FC(F)(F)c1cc(I)cc(-c2cccc(Cl)c2Cl)n1. The molecular formula is C12H5Cl2F3IN. The van der Waals surface area contributed by atoms with E-state index in [0.29, 0.717) is 9.13 Å². The summed E-state index contributed by atoms with van der Waals surface area (Å²) in [6.07, 6.45) is -4.50. The molecule has 19 heavy (non-hydrogen) atoms. The van der Waals surface area contributed by atoms with Gasteiger partial charge in [0.25, 0.3) is 0 Å². The lowest BCUT2D eigenvalue weighted by Gasteiger charge is -2.10. The zero-order chi connectivity index (χ0) is 14.2. The van der Waals surface area contributed by atoms with Crippen molar-refractivity contribution in [3.8, 4) is 11.3 Å². The van der Waals surface area contributed by atoms with Crippen LogP contribution in [-0.2, 0) is 6.18 Å². The maximum absolute atomic E-state index is 12.7. The van der Waals surface area contributed by atoms with E-state index in [4.69, 9.17) is 23.2 Å². The molecular weight excluding hydrogens is 413 g/mol. The standard InChI is InChI=1S/C12H5Cl2F3IN/c13-8-3-1-2-7(11(8)14)9-4-6(18)5-10(19-9)12(15,16)17/h1-5H. The van der Waals surface area contributed by atoms with E-state index in [1.54, 1.807) is 40.8 Å². The lowest BCUT2D eigenvalue weighted by molar-refractivity contribution is -0.141. The Morgan fingerprint density at radius 3 is 2.42 bits per heavy atom. The van der Waals surface area contributed by atoms with Gasteiger partial charge in [-0.2, -0.15) is 13.2 Å². The second kappa shape index (κ2) is 5.46. The molecule has 0 saturated heterocycles. The molecule has 1 aromatic carbocycles. The van der Waals surface area contributed by atoms with Crippen LogP contribution in [-0.4, -0.2) is 4.98 Å². The zero-order valence-corrected chi connectivity index (χ0v) is 12.8. The predicted octanol–water partition coefficient (Wildman–Crippen LogP) is 5.68. The summed E-state index contributed by atoms with van der Waals surface area (Å²) >= 11 is 13.6. The van der Waals surface area contributed by atoms with Crippen molar-refractivity contribution >= 4 is 45.8 Å². The number of hydrogen-bond acceptors (Lipinski definition) is 1. The number of pyridine rings is 1. The smallest absolute Gasteiger partial charge is 0.243 e. The highest BCUT2D eigenvalue weighted by atomic mass is 127. The number of nitrogens with zero attached hydrogens (tertiary/aromatic N) is 1. The van der Waals surface area contributed by atoms with Gasteiger partial charge in [-0.1, -0.05) is 35.3 Å². The molecule has 1 nitrogen and oxygen atoms in total. The minimum Gasteiger partial charge on any atom is -0.243 e. The average Bonchev–Trinajstić information content (AvgIpc) is 2.31.